The van der Waals surface area contributed by atoms with Crippen LogP contribution in [0.1, 0.15) is 61.5 Å². The van der Waals surface area contributed by atoms with E-state index < -0.39 is 0 Å². The predicted molar refractivity (Wildman–Crippen MR) is 111 cm³/mol. The van der Waals surface area contributed by atoms with E-state index in [2.05, 4.69) is 40.0 Å². The molecule has 29 heavy (non-hydrogen) atoms. The maximum atomic E-state index is 6.50. The van der Waals surface area contributed by atoms with Crippen molar-refractivity contribution in [2.75, 3.05) is 14.1 Å². The van der Waals surface area contributed by atoms with E-state index in [0.717, 1.165) is 49.6 Å². The summed E-state index contributed by atoms with van der Waals surface area (Å²) in [5, 5.41) is 0. The number of hydrogen-bond acceptors (Lipinski definition) is 5. The van der Waals surface area contributed by atoms with Gasteiger partial charge < -0.3 is 19.0 Å². The second kappa shape index (κ2) is 7.82. The zero-order valence-electron chi connectivity index (χ0n) is 17.4. The highest BCUT2D eigenvalue weighted by Crippen LogP contribution is 2.48. The first-order valence-electron chi connectivity index (χ1n) is 10.9. The number of aromatic nitrogens is 3. The van der Waals surface area contributed by atoms with E-state index in [1.54, 1.807) is 18.8 Å². The Morgan fingerprint density at radius 1 is 1.17 bits per heavy atom. The van der Waals surface area contributed by atoms with E-state index in [0.29, 0.717) is 12.0 Å². The van der Waals surface area contributed by atoms with Crippen LogP contribution in [-0.4, -0.2) is 46.1 Å². The third-order valence-corrected chi connectivity index (χ3v) is 6.83. The average molecular weight is 395 g/mol. The largest absolute Gasteiger partial charge is 0.474 e. The number of nitrogens with zero attached hydrogens (tertiary/aromatic N) is 3. The highest BCUT2D eigenvalue weighted by molar-refractivity contribution is 5.76. The highest BCUT2D eigenvalue weighted by atomic mass is 16.5. The van der Waals surface area contributed by atoms with Crippen LogP contribution in [-0.2, 0) is 12.8 Å². The first-order chi connectivity index (χ1) is 14.2. The first kappa shape index (κ1) is 18.7. The van der Waals surface area contributed by atoms with Gasteiger partial charge >= 0.3 is 0 Å². The highest BCUT2D eigenvalue weighted by Gasteiger charge is 2.33. The number of aromatic amines is 1. The lowest BCUT2D eigenvalue weighted by atomic mass is 9.92. The van der Waals surface area contributed by atoms with Crippen molar-refractivity contribution in [3.63, 3.8) is 0 Å². The Kier molecular flexibility index (Phi) is 5.04. The molecule has 0 spiro atoms. The average Bonchev–Trinajstić information content (AvgIpc) is 3.44. The number of nitrogens with one attached hydrogen (secondary N) is 1. The smallest absolute Gasteiger partial charge is 0.224 e. The molecule has 1 aliphatic heterocycles. The molecule has 0 radical (unpaired) electrons. The van der Waals surface area contributed by atoms with Gasteiger partial charge in [-0.2, -0.15) is 0 Å². The van der Waals surface area contributed by atoms with E-state index >= 15 is 0 Å². The predicted octanol–water partition coefficient (Wildman–Crippen LogP) is 4.42. The van der Waals surface area contributed by atoms with Crippen LogP contribution >= 0.6 is 0 Å². The number of rotatable bonds is 6. The van der Waals surface area contributed by atoms with Crippen molar-refractivity contribution in [2.24, 2.45) is 0 Å². The summed E-state index contributed by atoms with van der Waals surface area (Å²) < 4.78 is 11.9. The molecule has 4 aliphatic rings. The van der Waals surface area contributed by atoms with E-state index in [-0.39, 0.29) is 6.10 Å². The lowest BCUT2D eigenvalue weighted by molar-refractivity contribution is 0.107. The molecule has 2 heterocycles. The Morgan fingerprint density at radius 2 is 2.03 bits per heavy atom. The lowest BCUT2D eigenvalue weighted by Gasteiger charge is -2.32. The Labute approximate surface area is 172 Å². The van der Waals surface area contributed by atoms with Gasteiger partial charge in [0.1, 0.15) is 12.4 Å². The standard InChI is InChI=1S/C23H30N4O2/c1-27(2)17-6-8-18(9-7-17)29-23-22-19(25-14-26-23)13-16-4-3-15(21(16)22)5-10-20-24-11-12-28-20/h11-15,17-18H,3-10H2,1-2H3,(H,25,26)/t15-,17?,18?/m1/s1. The molecule has 1 aromatic heterocycles. The molecule has 0 unspecified atom stereocenters. The molecule has 3 aliphatic carbocycles. The van der Waals surface area contributed by atoms with Crippen LogP contribution in [0.3, 0.4) is 0 Å². The molecule has 1 N–H and O–H groups in total. The van der Waals surface area contributed by atoms with Crippen LogP contribution in [0.4, 0.5) is 0 Å². The number of ether oxygens (including phenoxy) is 1. The zero-order chi connectivity index (χ0) is 19.8. The van der Waals surface area contributed by atoms with Gasteiger partial charge in [0.05, 0.1) is 23.8 Å². The van der Waals surface area contributed by atoms with Crippen molar-refractivity contribution in [3.05, 3.63) is 41.9 Å². The minimum atomic E-state index is 0.266. The van der Waals surface area contributed by atoms with Crippen LogP contribution in [0.5, 0.6) is 5.88 Å². The number of aryl methyl sites for hydroxylation is 2. The normalized spacial score (nSPS) is 24.3. The third-order valence-electron chi connectivity index (χ3n) is 6.83. The Morgan fingerprint density at radius 3 is 2.79 bits per heavy atom. The molecule has 1 fully saturated rings. The monoisotopic (exact) mass is 394 g/mol. The van der Waals surface area contributed by atoms with Gasteiger partial charge in [-0.3, -0.25) is 0 Å². The molecule has 6 nitrogen and oxygen atoms in total. The number of oxazole rings is 1. The third kappa shape index (κ3) is 3.66. The summed E-state index contributed by atoms with van der Waals surface area (Å²) in [6.45, 7) is 0. The molecule has 6 heteroatoms. The van der Waals surface area contributed by atoms with E-state index in [9.17, 15) is 0 Å². The summed E-state index contributed by atoms with van der Waals surface area (Å²) in [5.41, 5.74) is 5.24. The second-order valence-electron chi connectivity index (χ2n) is 8.79. The fraction of sp³-hybridized carbons (Fsp3) is 0.565. The summed E-state index contributed by atoms with van der Waals surface area (Å²) >= 11 is 0. The van der Waals surface area contributed by atoms with Gasteiger partial charge in [0.25, 0.3) is 0 Å². The fourth-order valence-corrected chi connectivity index (χ4v) is 5.24. The van der Waals surface area contributed by atoms with Gasteiger partial charge in [-0.1, -0.05) is 0 Å². The van der Waals surface area contributed by atoms with Crippen molar-refractivity contribution in [2.45, 2.75) is 69.4 Å². The molecule has 0 bridgehead atoms. The quantitative estimate of drug-likeness (QED) is 0.670. The SMILES string of the molecule is CN(C)C1CCC(Oc2nc[nH]c3cc4c(c2-3)[C@@H](CCc2ncco2)CC4)CC1. The van der Waals surface area contributed by atoms with Crippen molar-refractivity contribution < 1.29 is 9.15 Å². The summed E-state index contributed by atoms with van der Waals surface area (Å²) in [5.74, 6) is 2.16. The summed E-state index contributed by atoms with van der Waals surface area (Å²) in [4.78, 5) is 14.6. The molecule has 5 rings (SSSR count). The summed E-state index contributed by atoms with van der Waals surface area (Å²) in [6, 6.07) is 2.97. The Hall–Kier alpha value is -2.34. The van der Waals surface area contributed by atoms with Crippen LogP contribution in [0.2, 0.25) is 0 Å². The number of fused-ring (bicyclic) bond motifs is 3. The molecular formula is C23H30N4O2. The van der Waals surface area contributed by atoms with Crippen LogP contribution < -0.4 is 4.74 Å². The van der Waals surface area contributed by atoms with Gasteiger partial charge in [-0.05, 0) is 82.2 Å². The van der Waals surface area contributed by atoms with Crippen LogP contribution in [0, 0.1) is 0 Å². The molecule has 0 amide bonds. The van der Waals surface area contributed by atoms with Crippen molar-refractivity contribution in [3.8, 4) is 17.1 Å². The first-order valence-corrected chi connectivity index (χ1v) is 10.9. The molecule has 1 saturated carbocycles. The lowest BCUT2D eigenvalue weighted by Crippen LogP contribution is -2.35. The van der Waals surface area contributed by atoms with Gasteiger partial charge in [-0.15, -0.1) is 0 Å². The maximum Gasteiger partial charge on any atom is 0.224 e. The summed E-state index contributed by atoms with van der Waals surface area (Å²) in [6.07, 6.45) is 14.2. The van der Waals surface area contributed by atoms with Gasteiger partial charge in [0, 0.05) is 12.5 Å². The van der Waals surface area contributed by atoms with Crippen LogP contribution in [0.15, 0.2) is 29.3 Å². The van der Waals surface area contributed by atoms with E-state index in [1.165, 1.54) is 36.0 Å². The molecular weight excluding hydrogens is 364 g/mol. The number of H-pyrrole nitrogens is 1. The molecule has 0 aromatic carbocycles. The fourth-order valence-electron chi connectivity index (χ4n) is 5.24. The van der Waals surface area contributed by atoms with E-state index in [1.807, 2.05) is 0 Å². The van der Waals surface area contributed by atoms with Gasteiger partial charge in [-0.25, -0.2) is 9.97 Å². The topological polar surface area (TPSA) is 67.2 Å². The zero-order valence-corrected chi connectivity index (χ0v) is 17.4. The minimum absolute atomic E-state index is 0.266. The maximum absolute atomic E-state index is 6.50. The Balaban J connectivity index is 1.35. The van der Waals surface area contributed by atoms with Crippen molar-refractivity contribution >= 4 is 0 Å². The molecule has 154 valence electrons. The molecule has 1 atom stereocenters. The summed E-state index contributed by atoms with van der Waals surface area (Å²) in [7, 11) is 4.35. The molecule has 1 aromatic rings. The van der Waals surface area contributed by atoms with Gasteiger partial charge in [0.2, 0.25) is 5.88 Å². The second-order valence-corrected chi connectivity index (χ2v) is 8.79. The van der Waals surface area contributed by atoms with Gasteiger partial charge in [0.15, 0.2) is 5.89 Å². The Bertz CT molecular complexity index is 909. The van der Waals surface area contributed by atoms with Crippen molar-refractivity contribution in [1.29, 1.82) is 0 Å². The molecule has 0 saturated heterocycles. The number of hydrogen-bond donors (Lipinski definition) is 1. The minimum Gasteiger partial charge on any atom is -0.474 e. The van der Waals surface area contributed by atoms with Crippen LogP contribution in [0.25, 0.3) is 11.3 Å². The van der Waals surface area contributed by atoms with E-state index in [4.69, 9.17) is 9.15 Å². The van der Waals surface area contributed by atoms with Crippen molar-refractivity contribution in [1.82, 2.24) is 19.9 Å².